The highest BCUT2D eigenvalue weighted by molar-refractivity contribution is 5.95. The van der Waals surface area contributed by atoms with E-state index in [4.69, 9.17) is 6.42 Å². The number of nitro benzene ring substituents is 1. The topological polar surface area (TPSA) is 72.2 Å². The molecule has 0 aliphatic carbocycles. The number of nitro groups is 1. The van der Waals surface area contributed by atoms with Crippen molar-refractivity contribution in [1.82, 2.24) is 5.32 Å². The van der Waals surface area contributed by atoms with Gasteiger partial charge in [0.25, 0.3) is 5.91 Å². The molecule has 0 aliphatic heterocycles. The van der Waals surface area contributed by atoms with Crippen LogP contribution in [0.2, 0.25) is 0 Å². The zero-order valence-corrected chi connectivity index (χ0v) is 9.64. The Labute approximate surface area is 103 Å². The highest BCUT2D eigenvalue weighted by Gasteiger charge is 2.18. The lowest BCUT2D eigenvalue weighted by atomic mass is 10.1. The highest BCUT2D eigenvalue weighted by Crippen LogP contribution is 2.18. The summed E-state index contributed by atoms with van der Waals surface area (Å²) >= 11 is 0. The van der Waals surface area contributed by atoms with Crippen molar-refractivity contribution in [2.45, 2.75) is 19.4 Å². The summed E-state index contributed by atoms with van der Waals surface area (Å²) in [6.45, 7) is 1.70. The van der Waals surface area contributed by atoms with E-state index in [9.17, 15) is 19.3 Å². The average molecular weight is 250 g/mol. The number of rotatable bonds is 4. The van der Waals surface area contributed by atoms with Crippen LogP contribution in [0.25, 0.3) is 0 Å². The summed E-state index contributed by atoms with van der Waals surface area (Å²) in [5, 5.41) is 13.1. The van der Waals surface area contributed by atoms with Crippen LogP contribution in [-0.4, -0.2) is 16.9 Å². The number of hydrogen-bond acceptors (Lipinski definition) is 3. The second-order valence-corrected chi connectivity index (χ2v) is 3.71. The molecule has 1 aromatic carbocycles. The summed E-state index contributed by atoms with van der Waals surface area (Å²) in [6.07, 6.45) is 5.43. The van der Waals surface area contributed by atoms with Crippen molar-refractivity contribution in [3.05, 3.63) is 39.7 Å². The molecule has 18 heavy (non-hydrogen) atoms. The predicted molar refractivity (Wildman–Crippen MR) is 63.4 cm³/mol. The lowest BCUT2D eigenvalue weighted by Gasteiger charge is -2.10. The molecule has 0 aliphatic rings. The summed E-state index contributed by atoms with van der Waals surface area (Å²) in [6, 6.07) is 2.71. The number of hydrogen-bond donors (Lipinski definition) is 1. The van der Waals surface area contributed by atoms with E-state index in [0.717, 1.165) is 12.1 Å². The number of nitrogens with one attached hydrogen (secondary N) is 1. The Balaban J connectivity index is 2.91. The number of carbonyl (C=O) groups excluding carboxylic acids is 1. The van der Waals surface area contributed by atoms with E-state index < -0.39 is 22.3 Å². The molecule has 0 bridgehead atoms. The quantitative estimate of drug-likeness (QED) is 0.503. The van der Waals surface area contributed by atoms with Gasteiger partial charge in [0.15, 0.2) is 0 Å². The Morgan fingerprint density at radius 3 is 2.89 bits per heavy atom. The monoisotopic (exact) mass is 250 g/mol. The molecule has 0 fully saturated rings. The van der Waals surface area contributed by atoms with Crippen LogP contribution >= 0.6 is 0 Å². The van der Waals surface area contributed by atoms with Gasteiger partial charge < -0.3 is 5.32 Å². The molecule has 1 N–H and O–H groups in total. The van der Waals surface area contributed by atoms with Gasteiger partial charge in [-0.1, -0.05) is 0 Å². The Morgan fingerprint density at radius 1 is 1.67 bits per heavy atom. The standard InChI is InChI=1S/C12H11FN2O3/c1-3-4-8(2)14-12(16)9-5-6-10(13)11(7-9)15(17)18/h1,5-8H,4H2,2H3,(H,14,16). The first-order chi connectivity index (χ1) is 8.45. The molecule has 1 aromatic rings. The van der Waals surface area contributed by atoms with Crippen LogP contribution in [0.4, 0.5) is 10.1 Å². The number of benzene rings is 1. The number of nitrogens with zero attached hydrogens (tertiary/aromatic N) is 1. The SMILES string of the molecule is C#CCC(C)NC(=O)c1ccc(F)c([N+](=O)[O-])c1. The third-order valence-electron chi connectivity index (χ3n) is 2.21. The maximum absolute atomic E-state index is 13.1. The minimum Gasteiger partial charge on any atom is -0.349 e. The van der Waals surface area contributed by atoms with Crippen LogP contribution in [0.5, 0.6) is 0 Å². The van der Waals surface area contributed by atoms with Crippen LogP contribution in [0.15, 0.2) is 18.2 Å². The smallest absolute Gasteiger partial charge is 0.305 e. The van der Waals surface area contributed by atoms with Crippen molar-refractivity contribution >= 4 is 11.6 Å². The van der Waals surface area contributed by atoms with Gasteiger partial charge in [0.1, 0.15) is 0 Å². The molecule has 0 heterocycles. The van der Waals surface area contributed by atoms with E-state index in [1.807, 2.05) is 0 Å². The molecule has 0 spiro atoms. The average Bonchev–Trinajstić information content (AvgIpc) is 2.29. The first-order valence-electron chi connectivity index (χ1n) is 5.14. The number of carbonyl (C=O) groups is 1. The second kappa shape index (κ2) is 5.77. The lowest BCUT2D eigenvalue weighted by molar-refractivity contribution is -0.387. The van der Waals surface area contributed by atoms with Crippen molar-refractivity contribution in [2.75, 3.05) is 0 Å². The summed E-state index contributed by atoms with van der Waals surface area (Å²) < 4.78 is 13.1. The normalized spacial score (nSPS) is 11.4. The van der Waals surface area contributed by atoms with E-state index in [1.54, 1.807) is 6.92 Å². The molecule has 6 heteroatoms. The van der Waals surface area contributed by atoms with Crippen molar-refractivity contribution in [1.29, 1.82) is 0 Å². The molecule has 5 nitrogen and oxygen atoms in total. The fourth-order valence-electron chi connectivity index (χ4n) is 1.33. The molecular formula is C12H11FN2O3. The van der Waals surface area contributed by atoms with Crippen molar-refractivity contribution in [3.8, 4) is 12.3 Å². The molecule has 1 rings (SSSR count). The molecule has 94 valence electrons. The number of terminal acetylenes is 1. The Bertz CT molecular complexity index is 523. The summed E-state index contributed by atoms with van der Waals surface area (Å²) in [7, 11) is 0. The maximum atomic E-state index is 13.1. The van der Waals surface area contributed by atoms with Gasteiger partial charge in [-0.15, -0.1) is 12.3 Å². The fourth-order valence-corrected chi connectivity index (χ4v) is 1.33. The van der Waals surface area contributed by atoms with E-state index in [2.05, 4.69) is 11.2 Å². The minimum absolute atomic E-state index is 0.0203. The maximum Gasteiger partial charge on any atom is 0.305 e. The van der Waals surface area contributed by atoms with Gasteiger partial charge >= 0.3 is 5.69 Å². The van der Waals surface area contributed by atoms with Gasteiger partial charge in [0.2, 0.25) is 5.82 Å². The number of amides is 1. The molecule has 1 unspecified atom stereocenters. The van der Waals surface area contributed by atoms with Gasteiger partial charge in [-0.25, -0.2) is 0 Å². The van der Waals surface area contributed by atoms with Gasteiger partial charge in [-0.2, -0.15) is 4.39 Å². The van der Waals surface area contributed by atoms with E-state index in [0.29, 0.717) is 6.42 Å². The van der Waals surface area contributed by atoms with Crippen LogP contribution in [0.1, 0.15) is 23.7 Å². The molecule has 0 saturated heterocycles. The van der Waals surface area contributed by atoms with Crippen LogP contribution in [-0.2, 0) is 0 Å². The fraction of sp³-hybridized carbons (Fsp3) is 0.250. The predicted octanol–water partition coefficient (Wildman–Crippen LogP) is 1.88. The first-order valence-corrected chi connectivity index (χ1v) is 5.14. The molecule has 0 aromatic heterocycles. The van der Waals surface area contributed by atoms with Crippen molar-refractivity contribution < 1.29 is 14.1 Å². The lowest BCUT2D eigenvalue weighted by Crippen LogP contribution is -2.32. The Morgan fingerprint density at radius 2 is 2.33 bits per heavy atom. The molecule has 0 saturated carbocycles. The Kier molecular flexibility index (Phi) is 4.38. The van der Waals surface area contributed by atoms with Gasteiger partial charge in [-0.05, 0) is 19.1 Å². The van der Waals surface area contributed by atoms with E-state index in [-0.39, 0.29) is 11.6 Å². The molecular weight excluding hydrogens is 239 g/mol. The number of halogens is 1. The highest BCUT2D eigenvalue weighted by atomic mass is 19.1. The second-order valence-electron chi connectivity index (χ2n) is 3.71. The molecule has 1 atom stereocenters. The summed E-state index contributed by atoms with van der Waals surface area (Å²) in [5.74, 6) is 0.875. The van der Waals surface area contributed by atoms with Gasteiger partial charge in [-0.3, -0.25) is 14.9 Å². The molecule has 1 amide bonds. The van der Waals surface area contributed by atoms with Gasteiger partial charge in [0, 0.05) is 24.1 Å². The summed E-state index contributed by atoms with van der Waals surface area (Å²) in [4.78, 5) is 21.3. The zero-order valence-electron chi connectivity index (χ0n) is 9.64. The molecule has 0 radical (unpaired) electrons. The Hall–Kier alpha value is -2.42. The summed E-state index contributed by atoms with van der Waals surface area (Å²) in [5.41, 5.74) is -0.709. The van der Waals surface area contributed by atoms with Crippen LogP contribution < -0.4 is 5.32 Å². The van der Waals surface area contributed by atoms with E-state index >= 15 is 0 Å². The van der Waals surface area contributed by atoms with Crippen LogP contribution in [0.3, 0.4) is 0 Å². The minimum atomic E-state index is -0.978. The first kappa shape index (κ1) is 13.6. The third-order valence-corrected chi connectivity index (χ3v) is 2.21. The van der Waals surface area contributed by atoms with Crippen molar-refractivity contribution in [3.63, 3.8) is 0 Å². The van der Waals surface area contributed by atoms with E-state index in [1.165, 1.54) is 6.07 Å². The largest absolute Gasteiger partial charge is 0.349 e. The van der Waals surface area contributed by atoms with Gasteiger partial charge in [0.05, 0.1) is 4.92 Å². The third kappa shape index (κ3) is 3.28. The van der Waals surface area contributed by atoms with Crippen molar-refractivity contribution in [2.24, 2.45) is 0 Å². The zero-order chi connectivity index (χ0) is 13.7. The van der Waals surface area contributed by atoms with Crippen LogP contribution in [0, 0.1) is 28.3 Å².